The van der Waals surface area contributed by atoms with E-state index in [1.807, 2.05) is 30.3 Å². The van der Waals surface area contributed by atoms with Crippen LogP contribution in [0, 0.1) is 0 Å². The van der Waals surface area contributed by atoms with Gasteiger partial charge in [0.25, 0.3) is 0 Å². The quantitative estimate of drug-likeness (QED) is 0.760. The predicted octanol–water partition coefficient (Wildman–Crippen LogP) is 1.12. The molecule has 0 fully saturated rings. The summed E-state index contributed by atoms with van der Waals surface area (Å²) in [7, 11) is 0. The Balaban J connectivity index is 2.50. The molecular weight excluding hydrogens is 190 g/mol. The molecule has 1 aromatic carbocycles. The second-order valence-electron chi connectivity index (χ2n) is 3.49. The topological polar surface area (TPSA) is 49.3 Å². The lowest BCUT2D eigenvalue weighted by Gasteiger charge is -2.15. The Morgan fingerprint density at radius 1 is 1.40 bits per heavy atom. The third kappa shape index (κ3) is 4.13. The average molecular weight is 207 g/mol. The molecule has 0 saturated heterocycles. The molecule has 0 heterocycles. The maximum Gasteiger partial charge on any atom is 0.220 e. The first-order valence-corrected chi connectivity index (χ1v) is 5.20. The highest BCUT2D eigenvalue weighted by Crippen LogP contribution is 2.02. The van der Waals surface area contributed by atoms with Gasteiger partial charge in [-0.05, 0) is 12.0 Å². The molecule has 1 rings (SSSR count). The molecule has 15 heavy (non-hydrogen) atoms. The second kappa shape index (κ2) is 6.19. The van der Waals surface area contributed by atoms with Crippen LogP contribution in [0.15, 0.2) is 30.3 Å². The smallest absolute Gasteiger partial charge is 0.220 e. The molecule has 0 aliphatic heterocycles. The van der Waals surface area contributed by atoms with Gasteiger partial charge in [0.15, 0.2) is 0 Å². The summed E-state index contributed by atoms with van der Waals surface area (Å²) in [4.78, 5) is 11.1. The summed E-state index contributed by atoms with van der Waals surface area (Å²) in [6.07, 6.45) is 1.12. The lowest BCUT2D eigenvalue weighted by Crippen LogP contribution is -2.38. The minimum atomic E-state index is -0.181. The summed E-state index contributed by atoms with van der Waals surface area (Å²) in [5.74, 6) is -0.0232. The number of aliphatic hydroxyl groups is 1. The van der Waals surface area contributed by atoms with E-state index in [0.29, 0.717) is 12.8 Å². The van der Waals surface area contributed by atoms with Crippen molar-refractivity contribution in [3.05, 3.63) is 35.9 Å². The van der Waals surface area contributed by atoms with Gasteiger partial charge in [0.2, 0.25) is 5.91 Å². The highest BCUT2D eigenvalue weighted by Gasteiger charge is 2.10. The second-order valence-corrected chi connectivity index (χ2v) is 3.49. The molecule has 3 nitrogen and oxygen atoms in total. The van der Waals surface area contributed by atoms with Gasteiger partial charge in [0.1, 0.15) is 0 Å². The van der Waals surface area contributed by atoms with Crippen molar-refractivity contribution in [2.75, 3.05) is 6.61 Å². The number of hydrogen-bond donors (Lipinski definition) is 2. The molecule has 82 valence electrons. The molecule has 0 aliphatic carbocycles. The van der Waals surface area contributed by atoms with Crippen molar-refractivity contribution in [2.24, 2.45) is 0 Å². The van der Waals surface area contributed by atoms with Crippen LogP contribution in [0.1, 0.15) is 18.9 Å². The Kier molecular flexibility index (Phi) is 4.84. The molecule has 0 unspecified atom stereocenters. The van der Waals surface area contributed by atoms with E-state index < -0.39 is 0 Å². The Morgan fingerprint density at radius 2 is 2.07 bits per heavy atom. The molecule has 0 radical (unpaired) electrons. The molecule has 0 aliphatic rings. The maximum absolute atomic E-state index is 11.1. The number of hydrogen-bond acceptors (Lipinski definition) is 2. The predicted molar refractivity (Wildman–Crippen MR) is 59.5 cm³/mol. The minimum absolute atomic E-state index is 0.0232. The number of benzene rings is 1. The molecule has 0 spiro atoms. The fourth-order valence-corrected chi connectivity index (χ4v) is 1.39. The summed E-state index contributed by atoms with van der Waals surface area (Å²) < 4.78 is 0. The van der Waals surface area contributed by atoms with E-state index in [4.69, 9.17) is 5.11 Å². The molecule has 1 atom stereocenters. The van der Waals surface area contributed by atoms with Gasteiger partial charge >= 0.3 is 0 Å². The van der Waals surface area contributed by atoms with E-state index in [1.54, 1.807) is 6.92 Å². The van der Waals surface area contributed by atoms with Crippen molar-refractivity contribution >= 4 is 5.91 Å². The Morgan fingerprint density at radius 3 is 2.60 bits per heavy atom. The Hall–Kier alpha value is -1.35. The zero-order valence-corrected chi connectivity index (χ0v) is 8.94. The van der Waals surface area contributed by atoms with Gasteiger partial charge < -0.3 is 10.4 Å². The zero-order valence-electron chi connectivity index (χ0n) is 8.94. The van der Waals surface area contributed by atoms with Crippen LogP contribution in [0.25, 0.3) is 0 Å². The first kappa shape index (κ1) is 11.7. The number of carbonyl (C=O) groups is 1. The molecule has 1 amide bonds. The van der Waals surface area contributed by atoms with E-state index in [2.05, 4.69) is 5.32 Å². The molecule has 3 heteroatoms. The summed E-state index contributed by atoms with van der Waals surface area (Å²) >= 11 is 0. The zero-order chi connectivity index (χ0) is 11.1. The summed E-state index contributed by atoms with van der Waals surface area (Å²) in [5.41, 5.74) is 1.12. The lowest BCUT2D eigenvalue weighted by molar-refractivity contribution is -0.121. The highest BCUT2D eigenvalue weighted by atomic mass is 16.3. The molecule has 2 N–H and O–H groups in total. The van der Waals surface area contributed by atoms with Crippen LogP contribution in [-0.4, -0.2) is 23.7 Å². The summed E-state index contributed by atoms with van der Waals surface area (Å²) in [6, 6.07) is 9.64. The highest BCUT2D eigenvalue weighted by molar-refractivity contribution is 5.75. The van der Waals surface area contributed by atoms with Gasteiger partial charge in [0.05, 0.1) is 12.6 Å². The van der Waals surface area contributed by atoms with E-state index in [0.717, 1.165) is 5.56 Å². The third-order valence-electron chi connectivity index (χ3n) is 2.23. The van der Waals surface area contributed by atoms with Gasteiger partial charge in [-0.2, -0.15) is 0 Å². The van der Waals surface area contributed by atoms with Crippen LogP contribution in [-0.2, 0) is 11.2 Å². The fraction of sp³-hybridized carbons (Fsp3) is 0.417. The van der Waals surface area contributed by atoms with E-state index >= 15 is 0 Å². The molecule has 0 aromatic heterocycles. The first-order valence-electron chi connectivity index (χ1n) is 5.20. The fourth-order valence-electron chi connectivity index (χ4n) is 1.39. The van der Waals surface area contributed by atoms with Crippen LogP contribution in [0.5, 0.6) is 0 Å². The van der Waals surface area contributed by atoms with Gasteiger partial charge in [0, 0.05) is 6.42 Å². The van der Waals surface area contributed by atoms with Gasteiger partial charge in [-0.25, -0.2) is 0 Å². The van der Waals surface area contributed by atoms with Gasteiger partial charge in [-0.1, -0.05) is 37.3 Å². The standard InChI is InChI=1S/C12H17NO2/c1-2-12(15)13-11(9-14)8-10-6-4-3-5-7-10/h3-7,11,14H,2,8-9H2,1H3,(H,13,15)/t11-/m0/s1. The van der Waals surface area contributed by atoms with Crippen molar-refractivity contribution < 1.29 is 9.90 Å². The largest absolute Gasteiger partial charge is 0.394 e. The third-order valence-corrected chi connectivity index (χ3v) is 2.23. The van der Waals surface area contributed by atoms with Crippen molar-refractivity contribution in [1.82, 2.24) is 5.32 Å². The molecule has 0 bridgehead atoms. The van der Waals surface area contributed by atoms with E-state index in [1.165, 1.54) is 0 Å². The summed E-state index contributed by atoms with van der Waals surface area (Å²) in [6.45, 7) is 1.77. The molecule has 0 saturated carbocycles. The number of aliphatic hydroxyl groups excluding tert-OH is 1. The number of carbonyl (C=O) groups excluding carboxylic acids is 1. The Bertz CT molecular complexity index is 298. The van der Waals surface area contributed by atoms with Crippen molar-refractivity contribution in [1.29, 1.82) is 0 Å². The molecular formula is C12H17NO2. The van der Waals surface area contributed by atoms with Crippen molar-refractivity contribution in [3.8, 4) is 0 Å². The minimum Gasteiger partial charge on any atom is -0.394 e. The van der Waals surface area contributed by atoms with Crippen molar-refractivity contribution in [2.45, 2.75) is 25.8 Å². The van der Waals surface area contributed by atoms with Gasteiger partial charge in [-0.3, -0.25) is 4.79 Å². The van der Waals surface area contributed by atoms with Gasteiger partial charge in [-0.15, -0.1) is 0 Å². The van der Waals surface area contributed by atoms with Crippen LogP contribution >= 0.6 is 0 Å². The Labute approximate surface area is 90.1 Å². The van der Waals surface area contributed by atoms with Crippen LogP contribution in [0.2, 0.25) is 0 Å². The number of nitrogens with one attached hydrogen (secondary N) is 1. The van der Waals surface area contributed by atoms with Crippen LogP contribution in [0.4, 0.5) is 0 Å². The van der Waals surface area contributed by atoms with Crippen molar-refractivity contribution in [3.63, 3.8) is 0 Å². The lowest BCUT2D eigenvalue weighted by atomic mass is 10.1. The van der Waals surface area contributed by atoms with E-state index in [-0.39, 0.29) is 18.6 Å². The number of amides is 1. The monoisotopic (exact) mass is 207 g/mol. The summed E-state index contributed by atoms with van der Waals surface area (Å²) in [5, 5.41) is 11.9. The van der Waals surface area contributed by atoms with Crippen LogP contribution < -0.4 is 5.32 Å². The maximum atomic E-state index is 11.1. The molecule has 1 aromatic rings. The SMILES string of the molecule is CCC(=O)N[C@H](CO)Cc1ccccc1. The van der Waals surface area contributed by atoms with Crippen LogP contribution in [0.3, 0.4) is 0 Å². The van der Waals surface area contributed by atoms with E-state index in [9.17, 15) is 4.79 Å². The number of rotatable bonds is 5. The first-order chi connectivity index (χ1) is 7.26. The average Bonchev–Trinajstić information content (AvgIpc) is 2.29. The normalized spacial score (nSPS) is 12.1.